The first-order valence-corrected chi connectivity index (χ1v) is 9.98. The van der Waals surface area contributed by atoms with Crippen molar-refractivity contribution < 1.29 is 14.5 Å². The van der Waals surface area contributed by atoms with E-state index in [1.54, 1.807) is 19.1 Å². The monoisotopic (exact) mass is 397 g/mol. The van der Waals surface area contributed by atoms with Crippen molar-refractivity contribution in [2.75, 3.05) is 12.3 Å². The number of aryl methyl sites for hydroxylation is 1. The van der Waals surface area contributed by atoms with E-state index in [0.29, 0.717) is 20.8 Å². The largest absolute Gasteiger partial charge is 0.462 e. The number of nitrogens with two attached hydrogens (primary N) is 1. The molecule has 1 aliphatic rings. The average Bonchev–Trinajstić information content (AvgIpc) is 3.02. The highest BCUT2D eigenvalue weighted by Gasteiger charge is 2.26. The highest BCUT2D eigenvalue weighted by atomic mass is 32.1. The molecule has 144 valence electrons. The molecule has 0 atom stereocenters. The lowest BCUT2D eigenvalue weighted by atomic mass is 9.87. The zero-order chi connectivity index (χ0) is 19.8. The summed E-state index contributed by atoms with van der Waals surface area (Å²) in [6, 6.07) is 6.54. The van der Waals surface area contributed by atoms with E-state index in [2.05, 4.69) is 0 Å². The molecule has 0 unspecified atom stereocenters. The van der Waals surface area contributed by atoms with Crippen molar-refractivity contribution in [3.05, 3.63) is 50.5 Å². The van der Waals surface area contributed by atoms with E-state index in [1.165, 1.54) is 17.4 Å². The van der Waals surface area contributed by atoms with Crippen LogP contribution in [0.15, 0.2) is 24.3 Å². The number of esters is 1. The number of carbonyl (C=O) groups excluding carboxylic acids is 1. The highest BCUT2D eigenvalue weighted by Crippen LogP contribution is 2.44. The molecule has 0 spiro atoms. The number of aromatic nitrogens is 1. The van der Waals surface area contributed by atoms with Gasteiger partial charge in [0.05, 0.1) is 17.2 Å². The van der Waals surface area contributed by atoms with Gasteiger partial charge in [-0.05, 0) is 49.3 Å². The van der Waals surface area contributed by atoms with Crippen LogP contribution in [-0.4, -0.2) is 22.5 Å². The second kappa shape index (κ2) is 7.20. The van der Waals surface area contributed by atoms with Gasteiger partial charge in [-0.25, -0.2) is 9.78 Å². The van der Waals surface area contributed by atoms with Gasteiger partial charge in [0.25, 0.3) is 5.69 Å². The van der Waals surface area contributed by atoms with E-state index in [-0.39, 0.29) is 12.3 Å². The molecule has 2 N–H and O–H groups in total. The second-order valence-electron chi connectivity index (χ2n) is 6.67. The minimum atomic E-state index is -0.467. The summed E-state index contributed by atoms with van der Waals surface area (Å²) in [6.45, 7) is 2.00. The van der Waals surface area contributed by atoms with Crippen molar-refractivity contribution in [2.45, 2.75) is 32.6 Å². The van der Waals surface area contributed by atoms with E-state index in [4.69, 9.17) is 15.5 Å². The summed E-state index contributed by atoms with van der Waals surface area (Å²) in [4.78, 5) is 29.0. The summed E-state index contributed by atoms with van der Waals surface area (Å²) in [5.74, 6) is -0.467. The third-order valence-corrected chi connectivity index (χ3v) is 6.04. The molecule has 0 amide bonds. The normalized spacial score (nSPS) is 13.3. The average molecular weight is 397 g/mol. The number of hydrogen-bond donors (Lipinski definition) is 1. The maximum absolute atomic E-state index is 12.3. The molecule has 0 aliphatic heterocycles. The Hall–Kier alpha value is -3.00. The van der Waals surface area contributed by atoms with Gasteiger partial charge in [0, 0.05) is 23.2 Å². The molecule has 7 nitrogen and oxygen atoms in total. The summed E-state index contributed by atoms with van der Waals surface area (Å²) in [5, 5.41) is 12.0. The van der Waals surface area contributed by atoms with Crippen molar-refractivity contribution in [1.29, 1.82) is 0 Å². The van der Waals surface area contributed by atoms with Crippen molar-refractivity contribution in [1.82, 2.24) is 4.98 Å². The number of non-ortho nitro benzene ring substituents is 1. The number of nitrogens with zero attached hydrogens (tertiary/aromatic N) is 2. The number of pyridine rings is 1. The van der Waals surface area contributed by atoms with Gasteiger partial charge in [0.15, 0.2) is 0 Å². The predicted octanol–water partition coefficient (Wildman–Crippen LogP) is 4.51. The lowest BCUT2D eigenvalue weighted by molar-refractivity contribution is -0.384. The van der Waals surface area contributed by atoms with Crippen LogP contribution in [-0.2, 0) is 17.6 Å². The quantitative estimate of drug-likeness (QED) is 0.394. The Bertz CT molecular complexity index is 1110. The minimum Gasteiger partial charge on any atom is -0.462 e. The number of nitrogen functional groups attached to an aromatic ring is 1. The molecule has 28 heavy (non-hydrogen) atoms. The van der Waals surface area contributed by atoms with Gasteiger partial charge in [-0.2, -0.15) is 0 Å². The van der Waals surface area contributed by atoms with Crippen LogP contribution < -0.4 is 5.73 Å². The molecule has 0 fully saturated rings. The summed E-state index contributed by atoms with van der Waals surface area (Å²) < 4.78 is 5.13. The lowest BCUT2D eigenvalue weighted by Gasteiger charge is -2.20. The Morgan fingerprint density at radius 1 is 1.36 bits per heavy atom. The van der Waals surface area contributed by atoms with Gasteiger partial charge in [0.2, 0.25) is 0 Å². The van der Waals surface area contributed by atoms with Gasteiger partial charge in [-0.1, -0.05) is 12.1 Å². The molecule has 8 heteroatoms. The van der Waals surface area contributed by atoms with Crippen LogP contribution in [0.1, 0.15) is 40.7 Å². The van der Waals surface area contributed by atoms with Crippen LogP contribution in [0.5, 0.6) is 0 Å². The Morgan fingerprint density at radius 3 is 2.89 bits per heavy atom. The van der Waals surface area contributed by atoms with Gasteiger partial charge in [0.1, 0.15) is 9.71 Å². The van der Waals surface area contributed by atoms with Crippen LogP contribution in [0.25, 0.3) is 21.3 Å². The number of hydrogen-bond acceptors (Lipinski definition) is 7. The predicted molar refractivity (Wildman–Crippen MR) is 109 cm³/mol. The molecule has 2 heterocycles. The number of nitro groups is 1. The molecule has 4 rings (SSSR count). The Morgan fingerprint density at radius 2 is 2.14 bits per heavy atom. The first-order valence-electron chi connectivity index (χ1n) is 9.17. The van der Waals surface area contributed by atoms with Crippen LogP contribution in [0.3, 0.4) is 0 Å². The first-order chi connectivity index (χ1) is 13.5. The fraction of sp³-hybridized carbons (Fsp3) is 0.300. The van der Waals surface area contributed by atoms with E-state index >= 15 is 0 Å². The van der Waals surface area contributed by atoms with Gasteiger partial charge >= 0.3 is 5.97 Å². The third kappa shape index (κ3) is 2.99. The lowest BCUT2D eigenvalue weighted by Crippen LogP contribution is -2.08. The zero-order valence-corrected chi connectivity index (χ0v) is 16.2. The molecule has 0 bridgehead atoms. The van der Waals surface area contributed by atoms with Crippen LogP contribution in [0.4, 0.5) is 11.4 Å². The molecule has 0 saturated carbocycles. The summed E-state index contributed by atoms with van der Waals surface area (Å²) >= 11 is 1.22. The van der Waals surface area contributed by atoms with Gasteiger partial charge < -0.3 is 10.5 Å². The van der Waals surface area contributed by atoms with E-state index in [9.17, 15) is 14.9 Å². The topological polar surface area (TPSA) is 108 Å². The fourth-order valence-corrected chi connectivity index (χ4v) is 4.77. The Kier molecular flexibility index (Phi) is 4.72. The summed E-state index contributed by atoms with van der Waals surface area (Å²) in [7, 11) is 0. The van der Waals surface area contributed by atoms with Crippen molar-refractivity contribution in [3.8, 4) is 11.1 Å². The van der Waals surface area contributed by atoms with E-state index in [0.717, 1.165) is 48.1 Å². The fourth-order valence-electron chi connectivity index (χ4n) is 3.75. The van der Waals surface area contributed by atoms with E-state index < -0.39 is 10.9 Å². The van der Waals surface area contributed by atoms with Crippen molar-refractivity contribution >= 4 is 38.9 Å². The second-order valence-corrected chi connectivity index (χ2v) is 7.67. The number of rotatable bonds is 4. The van der Waals surface area contributed by atoms with Crippen molar-refractivity contribution in [3.63, 3.8) is 0 Å². The standard InChI is InChI=1S/C20H19N3O4S/c1-2-27-20(24)18-17(21)16-15(11-6-5-7-12(10-11)23(25)26)13-8-3-4-9-14(13)22-19(16)28-18/h5-7,10H,2-4,8-9,21H2,1H3. The number of fused-ring (bicyclic) bond motifs is 2. The summed E-state index contributed by atoms with van der Waals surface area (Å²) in [5.41, 5.74) is 10.4. The van der Waals surface area contributed by atoms with Crippen LogP contribution in [0.2, 0.25) is 0 Å². The highest BCUT2D eigenvalue weighted by molar-refractivity contribution is 7.21. The molecule has 1 aromatic carbocycles. The zero-order valence-electron chi connectivity index (χ0n) is 15.4. The minimum absolute atomic E-state index is 0.0199. The molecule has 2 aromatic heterocycles. The number of ether oxygens (including phenoxy) is 1. The van der Waals surface area contributed by atoms with Gasteiger partial charge in [-0.15, -0.1) is 11.3 Å². The molecule has 0 saturated heterocycles. The number of thiophene rings is 1. The molecular weight excluding hydrogens is 378 g/mol. The first kappa shape index (κ1) is 18.4. The van der Waals surface area contributed by atoms with E-state index in [1.807, 2.05) is 6.07 Å². The molecular formula is C20H19N3O4S. The Labute approximate surface area is 165 Å². The SMILES string of the molecule is CCOC(=O)c1sc2nc3c(c(-c4cccc([N+](=O)[O-])c4)c2c1N)CCCC3. The van der Waals surface area contributed by atoms with Crippen molar-refractivity contribution in [2.24, 2.45) is 0 Å². The number of anilines is 1. The smallest absolute Gasteiger partial charge is 0.350 e. The Balaban J connectivity index is 2.04. The maximum atomic E-state index is 12.3. The molecule has 3 aromatic rings. The molecule has 1 aliphatic carbocycles. The van der Waals surface area contributed by atoms with Crippen LogP contribution >= 0.6 is 11.3 Å². The summed E-state index contributed by atoms with van der Waals surface area (Å²) in [6.07, 6.45) is 3.75. The number of carbonyl (C=O) groups is 1. The number of nitro benzene ring substituents is 1. The maximum Gasteiger partial charge on any atom is 0.350 e. The van der Waals surface area contributed by atoms with Crippen LogP contribution in [0, 0.1) is 10.1 Å². The van der Waals surface area contributed by atoms with Gasteiger partial charge in [-0.3, -0.25) is 10.1 Å². The molecule has 0 radical (unpaired) electrons. The third-order valence-electron chi connectivity index (χ3n) is 4.96. The number of benzene rings is 1.